The molecule has 1 aromatic carbocycles. The molecule has 4 atom stereocenters. The van der Waals surface area contributed by atoms with Gasteiger partial charge in [-0.25, -0.2) is 0 Å². The molecule has 4 rings (SSSR count). The molecule has 3 fully saturated rings. The average molecular weight is 330 g/mol. The van der Waals surface area contributed by atoms with E-state index in [1.165, 1.54) is 31.0 Å². The van der Waals surface area contributed by atoms with E-state index in [0.29, 0.717) is 11.8 Å². The van der Waals surface area contributed by atoms with Gasteiger partial charge in [0.25, 0.3) is 5.24 Å². The van der Waals surface area contributed by atoms with E-state index in [0.717, 1.165) is 22.4 Å². The molecule has 0 aliphatic heterocycles. The van der Waals surface area contributed by atoms with Crippen molar-refractivity contribution in [2.75, 3.05) is 19.4 Å². The Bertz CT molecular complexity index is 627. The molecule has 5 heteroatoms. The highest BCUT2D eigenvalue weighted by molar-refractivity contribution is 8.13. The summed E-state index contributed by atoms with van der Waals surface area (Å²) in [4.78, 5) is 26.6. The van der Waals surface area contributed by atoms with E-state index in [1.54, 1.807) is 19.0 Å². The predicted molar refractivity (Wildman–Crippen MR) is 91.3 cm³/mol. The number of fused-ring (bicyclic) bond motifs is 5. The summed E-state index contributed by atoms with van der Waals surface area (Å²) in [6.45, 7) is 0. The fraction of sp³-hybridized carbons (Fsp3) is 0.556. The summed E-state index contributed by atoms with van der Waals surface area (Å²) in [5.74, 6) is 3.42. The highest BCUT2D eigenvalue weighted by atomic mass is 32.2. The zero-order chi connectivity index (χ0) is 16.1. The third-order valence-corrected chi connectivity index (χ3v) is 6.78. The number of thioether (sulfide) groups is 1. The van der Waals surface area contributed by atoms with E-state index >= 15 is 0 Å². The van der Waals surface area contributed by atoms with Crippen molar-refractivity contribution in [2.45, 2.75) is 24.2 Å². The Morgan fingerprint density at radius 1 is 1.09 bits per heavy atom. The van der Waals surface area contributed by atoms with Crippen molar-refractivity contribution in [3.63, 3.8) is 0 Å². The average Bonchev–Trinajstić information content (AvgIpc) is 2.97. The lowest BCUT2D eigenvalue weighted by molar-refractivity contribution is -0.118. The Balaban J connectivity index is 1.35. The highest BCUT2D eigenvalue weighted by Gasteiger charge is 2.67. The standard InChI is InChI=1S/C18H22N2O2S/c1-20(2)18(22)23-13-7-5-12(6-8-13)19-17(21)16-14-10-3-4-11(9-10)15(14)16/h5-8,10-11,14-16H,3-4,9H2,1-2H3,(H,19,21). The van der Waals surface area contributed by atoms with Crippen molar-refractivity contribution in [3.8, 4) is 0 Å². The molecule has 4 nitrogen and oxygen atoms in total. The van der Waals surface area contributed by atoms with Crippen LogP contribution in [0.1, 0.15) is 19.3 Å². The smallest absolute Gasteiger partial charge is 0.285 e. The third-order valence-electron chi connectivity index (χ3n) is 5.73. The Kier molecular flexibility index (Phi) is 3.63. The second-order valence-electron chi connectivity index (χ2n) is 7.29. The van der Waals surface area contributed by atoms with Gasteiger partial charge in [-0.3, -0.25) is 9.59 Å². The van der Waals surface area contributed by atoms with E-state index in [1.807, 2.05) is 24.3 Å². The number of hydrogen-bond donors (Lipinski definition) is 1. The highest BCUT2D eigenvalue weighted by Crippen LogP contribution is 2.69. The van der Waals surface area contributed by atoms with E-state index < -0.39 is 0 Å². The van der Waals surface area contributed by atoms with Crippen LogP contribution in [0.15, 0.2) is 29.2 Å². The lowest BCUT2D eigenvalue weighted by Crippen LogP contribution is -2.18. The third kappa shape index (κ3) is 2.65. The molecule has 1 aromatic rings. The maximum atomic E-state index is 12.5. The summed E-state index contributed by atoms with van der Waals surface area (Å²) in [7, 11) is 3.48. The molecule has 1 N–H and O–H groups in total. The molecule has 0 heterocycles. The second-order valence-corrected chi connectivity index (χ2v) is 8.31. The lowest BCUT2D eigenvalue weighted by Gasteiger charge is -2.11. The van der Waals surface area contributed by atoms with Crippen molar-refractivity contribution < 1.29 is 9.59 Å². The number of rotatable bonds is 3. The number of nitrogens with zero attached hydrogens (tertiary/aromatic N) is 1. The molecule has 122 valence electrons. The minimum absolute atomic E-state index is 0.00284. The Hall–Kier alpha value is -1.49. The van der Waals surface area contributed by atoms with Crippen LogP contribution in [-0.4, -0.2) is 30.1 Å². The van der Waals surface area contributed by atoms with Crippen LogP contribution in [0, 0.1) is 29.6 Å². The Labute approximate surface area is 141 Å². The normalized spacial score (nSPS) is 33.2. The first-order valence-corrected chi connectivity index (χ1v) is 9.16. The molecule has 0 radical (unpaired) electrons. The van der Waals surface area contributed by atoms with Gasteiger partial charge in [0.1, 0.15) is 0 Å². The van der Waals surface area contributed by atoms with Crippen LogP contribution in [-0.2, 0) is 4.79 Å². The van der Waals surface area contributed by atoms with Crippen LogP contribution in [0.3, 0.4) is 0 Å². The summed E-state index contributed by atoms with van der Waals surface area (Å²) >= 11 is 1.19. The summed E-state index contributed by atoms with van der Waals surface area (Å²) in [6.07, 6.45) is 4.04. The van der Waals surface area contributed by atoms with Crippen molar-refractivity contribution in [2.24, 2.45) is 29.6 Å². The summed E-state index contributed by atoms with van der Waals surface area (Å²) in [5.41, 5.74) is 0.828. The molecule has 3 aliphatic carbocycles. The fourth-order valence-corrected chi connectivity index (χ4v) is 5.36. The van der Waals surface area contributed by atoms with Crippen molar-refractivity contribution in [1.82, 2.24) is 4.90 Å². The number of nitrogens with one attached hydrogen (secondary N) is 1. The van der Waals surface area contributed by atoms with Crippen LogP contribution >= 0.6 is 11.8 Å². The van der Waals surface area contributed by atoms with Crippen molar-refractivity contribution in [1.29, 1.82) is 0 Å². The number of hydrogen-bond acceptors (Lipinski definition) is 3. The molecule has 0 spiro atoms. The summed E-state index contributed by atoms with van der Waals surface area (Å²) < 4.78 is 0. The van der Waals surface area contributed by atoms with Crippen molar-refractivity contribution >= 4 is 28.6 Å². The molecule has 3 saturated carbocycles. The van der Waals surface area contributed by atoms with E-state index in [2.05, 4.69) is 5.32 Å². The monoisotopic (exact) mass is 330 g/mol. The van der Waals surface area contributed by atoms with E-state index in [4.69, 9.17) is 0 Å². The first kappa shape index (κ1) is 15.1. The van der Waals surface area contributed by atoms with Crippen molar-refractivity contribution in [3.05, 3.63) is 24.3 Å². The molecular weight excluding hydrogens is 308 g/mol. The van der Waals surface area contributed by atoms with Gasteiger partial charge in [-0.15, -0.1) is 0 Å². The van der Waals surface area contributed by atoms with Gasteiger partial charge in [0.05, 0.1) is 0 Å². The van der Waals surface area contributed by atoms with Gasteiger partial charge < -0.3 is 10.2 Å². The number of carbonyl (C=O) groups is 2. The number of amides is 2. The molecule has 3 aliphatic rings. The lowest BCUT2D eigenvalue weighted by atomic mass is 10.0. The van der Waals surface area contributed by atoms with Gasteiger partial charge in [0.2, 0.25) is 5.91 Å². The van der Waals surface area contributed by atoms with Crippen LogP contribution in [0.25, 0.3) is 0 Å². The molecule has 2 bridgehead atoms. The van der Waals surface area contributed by atoms with Crippen LogP contribution < -0.4 is 5.32 Å². The van der Waals surface area contributed by atoms with Gasteiger partial charge in [-0.2, -0.15) is 0 Å². The Morgan fingerprint density at radius 3 is 2.26 bits per heavy atom. The second kappa shape index (κ2) is 5.55. The van der Waals surface area contributed by atoms with E-state index in [9.17, 15) is 9.59 Å². The van der Waals surface area contributed by atoms with E-state index in [-0.39, 0.29) is 17.1 Å². The van der Waals surface area contributed by atoms with Gasteiger partial charge >= 0.3 is 0 Å². The SMILES string of the molecule is CN(C)C(=O)Sc1ccc(NC(=O)C2C3C4CCC(C4)C23)cc1. The minimum atomic E-state index is 0.00284. The molecule has 0 saturated heterocycles. The molecule has 0 aromatic heterocycles. The van der Waals surface area contributed by atoms with Gasteiger partial charge in [0, 0.05) is 30.6 Å². The number of carbonyl (C=O) groups excluding carboxylic acids is 2. The maximum absolute atomic E-state index is 12.5. The zero-order valence-corrected chi connectivity index (χ0v) is 14.3. The summed E-state index contributed by atoms with van der Waals surface area (Å²) in [6, 6.07) is 7.55. The molecule has 4 unspecified atom stereocenters. The fourth-order valence-electron chi connectivity index (χ4n) is 4.70. The van der Waals surface area contributed by atoms with Crippen LogP contribution in [0.4, 0.5) is 10.5 Å². The topological polar surface area (TPSA) is 49.4 Å². The molecule has 2 amide bonds. The first-order valence-electron chi connectivity index (χ1n) is 8.34. The first-order chi connectivity index (χ1) is 11.0. The Morgan fingerprint density at radius 2 is 1.70 bits per heavy atom. The predicted octanol–water partition coefficient (Wildman–Crippen LogP) is 3.69. The minimum Gasteiger partial charge on any atom is -0.339 e. The number of anilines is 1. The largest absolute Gasteiger partial charge is 0.339 e. The zero-order valence-electron chi connectivity index (χ0n) is 13.5. The van der Waals surface area contributed by atoms with Crippen LogP contribution in [0.2, 0.25) is 0 Å². The molecule has 23 heavy (non-hydrogen) atoms. The van der Waals surface area contributed by atoms with Gasteiger partial charge in [-0.1, -0.05) is 0 Å². The molecular formula is C18H22N2O2S. The summed E-state index contributed by atoms with van der Waals surface area (Å²) in [5, 5.41) is 3.06. The quantitative estimate of drug-likeness (QED) is 0.860. The van der Waals surface area contributed by atoms with Gasteiger partial charge in [0.15, 0.2) is 0 Å². The van der Waals surface area contributed by atoms with Gasteiger partial charge in [-0.05, 0) is 79.0 Å². The maximum Gasteiger partial charge on any atom is 0.285 e. The van der Waals surface area contributed by atoms with Crippen LogP contribution in [0.5, 0.6) is 0 Å². The number of benzene rings is 1.